The van der Waals surface area contributed by atoms with E-state index >= 15 is 0 Å². The van der Waals surface area contributed by atoms with Gasteiger partial charge in [0.1, 0.15) is 0 Å². The van der Waals surface area contributed by atoms with Gasteiger partial charge in [-0.25, -0.2) is 0 Å². The summed E-state index contributed by atoms with van der Waals surface area (Å²) in [5.41, 5.74) is 12.9. The molecule has 258 valence electrons. The monoisotopic (exact) mass is 699 g/mol. The van der Waals surface area contributed by atoms with Crippen molar-refractivity contribution in [3.8, 4) is 44.5 Å². The maximum atomic E-state index is 2.50. The van der Waals surface area contributed by atoms with Gasteiger partial charge in [-0.05, 0) is 90.1 Å². The molecule has 0 saturated carbocycles. The van der Waals surface area contributed by atoms with E-state index < -0.39 is 0 Å². The molecule has 0 unspecified atom stereocenters. The molecule has 0 fully saturated rings. The van der Waals surface area contributed by atoms with Crippen molar-refractivity contribution in [2.45, 2.75) is 0 Å². The van der Waals surface area contributed by atoms with Gasteiger partial charge in [-0.2, -0.15) is 0 Å². The highest BCUT2D eigenvalue weighted by atomic mass is 15.1. The fourth-order valence-corrected chi connectivity index (χ4v) is 8.26. The summed E-state index contributed by atoms with van der Waals surface area (Å²) in [6.45, 7) is 0. The van der Waals surface area contributed by atoms with Crippen LogP contribution in [-0.2, 0) is 0 Å². The van der Waals surface area contributed by atoms with Crippen LogP contribution in [0.1, 0.15) is 0 Å². The highest BCUT2D eigenvalue weighted by Crippen LogP contribution is 2.50. The lowest BCUT2D eigenvalue weighted by atomic mass is 9.89. The Hall–Kier alpha value is -7.22. The van der Waals surface area contributed by atoms with E-state index in [1.165, 1.54) is 76.8 Å². The molecule has 0 amide bonds. The van der Waals surface area contributed by atoms with E-state index in [1.54, 1.807) is 0 Å². The van der Waals surface area contributed by atoms with Gasteiger partial charge in [0.25, 0.3) is 0 Å². The third-order valence-electron chi connectivity index (χ3n) is 10.8. The topological polar surface area (TPSA) is 3.24 Å². The molecule has 10 rings (SSSR count). The second-order valence-corrected chi connectivity index (χ2v) is 14.1. The van der Waals surface area contributed by atoms with Crippen molar-refractivity contribution in [3.63, 3.8) is 0 Å². The standard InChI is InChI=1S/C54H37N/c1-3-16-38(17-4-1)40-32-34-42(35-33-40)53-51-29-11-9-27-49(51)50-28-10-12-30-52(50)54(53)55(45-24-13-22-43(36-45)39-18-5-2-6-19-39)46-25-14-23-44(37-46)48-31-15-21-41-20-7-8-26-47(41)48/h1-37H. The lowest BCUT2D eigenvalue weighted by Crippen LogP contribution is -2.12. The first-order chi connectivity index (χ1) is 27.3. The average molecular weight is 700 g/mol. The van der Waals surface area contributed by atoms with Crippen molar-refractivity contribution in [2.75, 3.05) is 4.90 Å². The van der Waals surface area contributed by atoms with Gasteiger partial charge < -0.3 is 4.90 Å². The fourth-order valence-electron chi connectivity index (χ4n) is 8.26. The van der Waals surface area contributed by atoms with Crippen LogP contribution < -0.4 is 4.90 Å². The molecule has 0 heterocycles. The maximum Gasteiger partial charge on any atom is 0.0624 e. The predicted molar refractivity (Wildman–Crippen MR) is 235 cm³/mol. The van der Waals surface area contributed by atoms with E-state index in [9.17, 15) is 0 Å². The number of nitrogens with zero attached hydrogens (tertiary/aromatic N) is 1. The third kappa shape index (κ3) is 5.93. The van der Waals surface area contributed by atoms with Crippen LogP contribution in [0.5, 0.6) is 0 Å². The van der Waals surface area contributed by atoms with Crippen LogP contribution in [0.3, 0.4) is 0 Å². The third-order valence-corrected chi connectivity index (χ3v) is 10.8. The molecule has 0 aliphatic heterocycles. The second kappa shape index (κ2) is 14.0. The van der Waals surface area contributed by atoms with Crippen LogP contribution in [0, 0.1) is 0 Å². The molecule has 0 aliphatic rings. The molecular formula is C54H37N. The number of anilines is 3. The molecule has 0 saturated heterocycles. The van der Waals surface area contributed by atoms with Gasteiger partial charge in [-0.15, -0.1) is 0 Å². The van der Waals surface area contributed by atoms with Crippen molar-refractivity contribution in [2.24, 2.45) is 0 Å². The largest absolute Gasteiger partial charge is 0.309 e. The number of hydrogen-bond acceptors (Lipinski definition) is 1. The Morgan fingerprint density at radius 1 is 0.255 bits per heavy atom. The first kappa shape index (κ1) is 32.4. The zero-order valence-corrected chi connectivity index (χ0v) is 30.3. The van der Waals surface area contributed by atoms with E-state index in [0.717, 1.165) is 17.1 Å². The molecule has 0 aliphatic carbocycles. The minimum atomic E-state index is 1.10. The van der Waals surface area contributed by atoms with Gasteiger partial charge >= 0.3 is 0 Å². The number of hydrogen-bond donors (Lipinski definition) is 0. The van der Waals surface area contributed by atoms with Crippen LogP contribution >= 0.6 is 0 Å². The normalized spacial score (nSPS) is 11.3. The highest BCUT2D eigenvalue weighted by molar-refractivity contribution is 6.22. The smallest absolute Gasteiger partial charge is 0.0624 e. The second-order valence-electron chi connectivity index (χ2n) is 14.1. The lowest BCUT2D eigenvalue weighted by molar-refractivity contribution is 1.30. The van der Waals surface area contributed by atoms with Gasteiger partial charge in [-0.1, -0.05) is 200 Å². The maximum absolute atomic E-state index is 2.50. The first-order valence-electron chi connectivity index (χ1n) is 18.9. The Morgan fingerprint density at radius 3 is 1.38 bits per heavy atom. The van der Waals surface area contributed by atoms with Gasteiger partial charge in [0.05, 0.1) is 5.69 Å². The Bertz CT molecular complexity index is 2960. The summed E-state index contributed by atoms with van der Waals surface area (Å²) in [4.78, 5) is 2.50. The minimum absolute atomic E-state index is 1.10. The quantitative estimate of drug-likeness (QED) is 0.150. The molecule has 10 aromatic rings. The summed E-state index contributed by atoms with van der Waals surface area (Å²) < 4.78 is 0. The van der Waals surface area contributed by atoms with E-state index in [2.05, 4.69) is 229 Å². The average Bonchev–Trinajstić information content (AvgIpc) is 3.27. The number of benzene rings is 10. The molecule has 0 aromatic heterocycles. The van der Waals surface area contributed by atoms with Crippen LogP contribution in [0.25, 0.3) is 76.8 Å². The Kier molecular flexibility index (Phi) is 8.24. The van der Waals surface area contributed by atoms with Crippen molar-refractivity contribution in [1.29, 1.82) is 0 Å². The molecule has 0 bridgehead atoms. The molecule has 10 aromatic carbocycles. The van der Waals surface area contributed by atoms with Crippen LogP contribution in [-0.4, -0.2) is 0 Å². The van der Waals surface area contributed by atoms with Gasteiger partial charge in [0.15, 0.2) is 0 Å². The number of rotatable bonds is 7. The Morgan fingerprint density at radius 2 is 0.691 bits per heavy atom. The number of fused-ring (bicyclic) bond motifs is 4. The summed E-state index contributed by atoms with van der Waals surface area (Å²) in [7, 11) is 0. The van der Waals surface area contributed by atoms with Crippen molar-refractivity contribution >= 4 is 49.4 Å². The Labute approximate surface area is 322 Å². The van der Waals surface area contributed by atoms with Gasteiger partial charge in [0, 0.05) is 22.3 Å². The molecule has 0 atom stereocenters. The van der Waals surface area contributed by atoms with E-state index in [0.29, 0.717) is 0 Å². The van der Waals surface area contributed by atoms with Crippen LogP contribution in [0.15, 0.2) is 224 Å². The van der Waals surface area contributed by atoms with Crippen molar-refractivity contribution < 1.29 is 0 Å². The highest BCUT2D eigenvalue weighted by Gasteiger charge is 2.24. The molecule has 1 nitrogen and oxygen atoms in total. The zero-order chi connectivity index (χ0) is 36.6. The van der Waals surface area contributed by atoms with Crippen molar-refractivity contribution in [3.05, 3.63) is 224 Å². The van der Waals surface area contributed by atoms with Gasteiger partial charge in [-0.3, -0.25) is 0 Å². The summed E-state index contributed by atoms with van der Waals surface area (Å²) in [6, 6.07) is 81.6. The molecular weight excluding hydrogens is 663 g/mol. The van der Waals surface area contributed by atoms with Crippen molar-refractivity contribution in [1.82, 2.24) is 0 Å². The fraction of sp³-hybridized carbons (Fsp3) is 0. The minimum Gasteiger partial charge on any atom is -0.309 e. The molecule has 0 radical (unpaired) electrons. The summed E-state index contributed by atoms with van der Waals surface area (Å²) in [5.74, 6) is 0. The molecule has 55 heavy (non-hydrogen) atoms. The van der Waals surface area contributed by atoms with Crippen LogP contribution in [0.4, 0.5) is 17.1 Å². The lowest BCUT2D eigenvalue weighted by Gasteiger charge is -2.31. The first-order valence-corrected chi connectivity index (χ1v) is 18.9. The molecule has 1 heteroatoms. The van der Waals surface area contributed by atoms with E-state index in [4.69, 9.17) is 0 Å². The predicted octanol–water partition coefficient (Wildman–Crippen LogP) is 15.3. The summed E-state index contributed by atoms with van der Waals surface area (Å²) in [5, 5.41) is 7.37. The summed E-state index contributed by atoms with van der Waals surface area (Å²) >= 11 is 0. The van der Waals surface area contributed by atoms with Gasteiger partial charge in [0.2, 0.25) is 0 Å². The van der Waals surface area contributed by atoms with Crippen LogP contribution in [0.2, 0.25) is 0 Å². The SMILES string of the molecule is c1ccc(-c2ccc(-c3c(N(c4cccc(-c5ccccc5)c4)c4cccc(-c5cccc6ccccc56)c4)c4ccccc4c4ccccc34)cc2)cc1. The zero-order valence-electron chi connectivity index (χ0n) is 30.3. The summed E-state index contributed by atoms with van der Waals surface area (Å²) in [6.07, 6.45) is 0. The van der Waals surface area contributed by atoms with E-state index in [1.807, 2.05) is 0 Å². The Balaban J connectivity index is 1.28. The van der Waals surface area contributed by atoms with E-state index in [-0.39, 0.29) is 0 Å². The molecule has 0 spiro atoms. The molecule has 0 N–H and O–H groups in total.